The Hall–Kier alpha value is -2.82. The van der Waals surface area contributed by atoms with E-state index < -0.39 is 24.0 Å². The van der Waals surface area contributed by atoms with Crippen LogP contribution in [0.25, 0.3) is 0 Å². The number of rotatable bonds is 5. The van der Waals surface area contributed by atoms with Crippen molar-refractivity contribution in [3.05, 3.63) is 76.1 Å². The van der Waals surface area contributed by atoms with E-state index in [9.17, 15) is 20.5 Å². The number of aliphatic hydroxyl groups is 1. The first-order valence-electron chi connectivity index (χ1n) is 8.02. The van der Waals surface area contributed by atoms with E-state index in [0.29, 0.717) is 5.56 Å². The van der Waals surface area contributed by atoms with Crippen LogP contribution >= 0.6 is 0 Å². The number of nitriles is 1. The first-order chi connectivity index (χ1) is 12.2. The highest BCUT2D eigenvalue weighted by Crippen LogP contribution is 2.39. The number of pyridine rings is 1. The summed E-state index contributed by atoms with van der Waals surface area (Å²) in [7, 11) is 0. The average molecular weight is 338 g/mol. The Bertz CT molecular complexity index is 763. The van der Waals surface area contributed by atoms with E-state index in [2.05, 4.69) is 11.1 Å². The molecule has 0 spiro atoms. The van der Waals surface area contributed by atoms with Gasteiger partial charge in [-0.25, -0.2) is 0 Å². The molecule has 0 aliphatic carbocycles. The maximum atomic E-state index is 11.6. The quantitative estimate of drug-likeness (QED) is 0.658. The van der Waals surface area contributed by atoms with E-state index in [1.54, 1.807) is 29.4 Å². The summed E-state index contributed by atoms with van der Waals surface area (Å²) in [4.78, 5) is 17.1. The van der Waals surface area contributed by atoms with E-state index in [1.807, 2.05) is 30.3 Å². The third kappa shape index (κ3) is 3.22. The van der Waals surface area contributed by atoms with Crippen LogP contribution in [0.2, 0.25) is 0 Å². The molecule has 3 rings (SSSR count). The predicted molar refractivity (Wildman–Crippen MR) is 90.1 cm³/mol. The van der Waals surface area contributed by atoms with Crippen molar-refractivity contribution in [1.82, 2.24) is 9.88 Å². The van der Waals surface area contributed by atoms with Gasteiger partial charge in [-0.05, 0) is 17.2 Å². The second kappa shape index (κ2) is 7.38. The van der Waals surface area contributed by atoms with Gasteiger partial charge in [0.05, 0.1) is 31.2 Å². The fourth-order valence-electron chi connectivity index (χ4n) is 3.59. The molecular formula is C18H18N4O3. The van der Waals surface area contributed by atoms with Gasteiger partial charge in [0.2, 0.25) is 6.04 Å². The fourth-order valence-corrected chi connectivity index (χ4v) is 3.59. The highest BCUT2D eigenvalue weighted by atomic mass is 16.6. The lowest BCUT2D eigenvalue weighted by Crippen LogP contribution is -2.36. The average Bonchev–Trinajstić information content (AvgIpc) is 3.03. The molecule has 4 atom stereocenters. The van der Waals surface area contributed by atoms with E-state index in [4.69, 9.17) is 0 Å². The molecule has 1 fully saturated rings. The molecule has 1 aliphatic rings. The molecule has 0 amide bonds. The second-order valence-corrected chi connectivity index (χ2v) is 6.04. The van der Waals surface area contributed by atoms with Crippen LogP contribution in [-0.2, 0) is 0 Å². The number of aliphatic hydroxyl groups excluding tert-OH is 1. The lowest BCUT2D eigenvalue weighted by atomic mass is 9.90. The van der Waals surface area contributed by atoms with Gasteiger partial charge in [-0.2, -0.15) is 5.26 Å². The highest BCUT2D eigenvalue weighted by Gasteiger charge is 2.51. The predicted octanol–water partition coefficient (Wildman–Crippen LogP) is 1.75. The van der Waals surface area contributed by atoms with Gasteiger partial charge in [0.15, 0.2) is 0 Å². The van der Waals surface area contributed by atoms with E-state index >= 15 is 0 Å². The van der Waals surface area contributed by atoms with Crippen molar-refractivity contribution in [3.8, 4) is 6.07 Å². The molecule has 2 aromatic rings. The Labute approximate surface area is 145 Å². The summed E-state index contributed by atoms with van der Waals surface area (Å²) in [5, 5.41) is 31.3. The Kier molecular flexibility index (Phi) is 5.03. The normalized spacial score (nSPS) is 24.6. The van der Waals surface area contributed by atoms with Gasteiger partial charge in [-0.15, -0.1) is 0 Å². The standard InChI is InChI=1S/C18H18N4O3/c19-9-15-18(14-7-4-8-20-10-14)16(22(24)25)11-21(15)17(12-23)13-5-2-1-3-6-13/h1-8,10,15-18,23H,11-12H2/t15-,16-,17-,18-/m0/s1. The number of likely N-dealkylation sites (tertiary alicyclic amines) is 1. The van der Waals surface area contributed by atoms with Gasteiger partial charge < -0.3 is 5.11 Å². The largest absolute Gasteiger partial charge is 0.394 e. The monoisotopic (exact) mass is 338 g/mol. The number of aromatic nitrogens is 1. The smallest absolute Gasteiger partial charge is 0.235 e. The van der Waals surface area contributed by atoms with E-state index in [-0.39, 0.29) is 18.1 Å². The molecule has 2 heterocycles. The zero-order valence-corrected chi connectivity index (χ0v) is 13.5. The van der Waals surface area contributed by atoms with Gasteiger partial charge in [0.25, 0.3) is 0 Å². The van der Waals surface area contributed by atoms with Gasteiger partial charge in [0, 0.05) is 17.3 Å². The van der Waals surface area contributed by atoms with Crippen molar-refractivity contribution in [2.24, 2.45) is 0 Å². The number of hydrogen-bond donors (Lipinski definition) is 1. The van der Waals surface area contributed by atoms with Gasteiger partial charge in [-0.3, -0.25) is 20.0 Å². The molecule has 0 saturated carbocycles. The Morgan fingerprint density at radius 1 is 1.36 bits per heavy atom. The maximum Gasteiger partial charge on any atom is 0.235 e. The molecule has 0 bridgehead atoms. The van der Waals surface area contributed by atoms with Crippen LogP contribution in [0.3, 0.4) is 0 Å². The number of benzene rings is 1. The number of nitrogens with zero attached hydrogens (tertiary/aromatic N) is 4. The van der Waals surface area contributed by atoms with Crippen LogP contribution in [0, 0.1) is 21.4 Å². The topological polar surface area (TPSA) is 103 Å². The Morgan fingerprint density at radius 2 is 2.12 bits per heavy atom. The molecule has 0 unspecified atom stereocenters. The van der Waals surface area contributed by atoms with Gasteiger partial charge in [-0.1, -0.05) is 36.4 Å². The molecule has 7 heteroatoms. The van der Waals surface area contributed by atoms with Gasteiger partial charge in [0.1, 0.15) is 6.04 Å². The summed E-state index contributed by atoms with van der Waals surface area (Å²) in [5.74, 6) is -0.591. The first-order valence-corrected chi connectivity index (χ1v) is 8.02. The van der Waals surface area contributed by atoms with Crippen molar-refractivity contribution in [1.29, 1.82) is 5.26 Å². The molecule has 128 valence electrons. The van der Waals surface area contributed by atoms with Crippen LogP contribution in [0.1, 0.15) is 23.1 Å². The van der Waals surface area contributed by atoms with Crippen molar-refractivity contribution >= 4 is 0 Å². The maximum absolute atomic E-state index is 11.6. The van der Waals surface area contributed by atoms with Crippen molar-refractivity contribution in [3.63, 3.8) is 0 Å². The lowest BCUT2D eigenvalue weighted by molar-refractivity contribution is -0.521. The SMILES string of the molecule is N#C[C@H]1[C@H](c2cccnc2)[C@@H]([N+](=O)[O-])CN1[C@@H](CO)c1ccccc1. The Morgan fingerprint density at radius 3 is 2.68 bits per heavy atom. The Balaban J connectivity index is 2.01. The van der Waals surface area contributed by atoms with Crippen molar-refractivity contribution in [2.45, 2.75) is 24.0 Å². The molecule has 1 aromatic heterocycles. The van der Waals surface area contributed by atoms with Crippen LogP contribution in [0.5, 0.6) is 0 Å². The second-order valence-electron chi connectivity index (χ2n) is 6.04. The molecule has 25 heavy (non-hydrogen) atoms. The van der Waals surface area contributed by atoms with Crippen molar-refractivity contribution < 1.29 is 10.0 Å². The molecule has 1 aromatic carbocycles. The first kappa shape index (κ1) is 17.0. The molecule has 1 N–H and O–H groups in total. The van der Waals surface area contributed by atoms with Crippen LogP contribution in [0.15, 0.2) is 54.9 Å². The summed E-state index contributed by atoms with van der Waals surface area (Å²) >= 11 is 0. The summed E-state index contributed by atoms with van der Waals surface area (Å²) in [6.07, 6.45) is 3.17. The van der Waals surface area contributed by atoms with E-state index in [0.717, 1.165) is 5.56 Å². The molecule has 1 saturated heterocycles. The van der Waals surface area contributed by atoms with Crippen LogP contribution < -0.4 is 0 Å². The molecule has 0 radical (unpaired) electrons. The molecule has 7 nitrogen and oxygen atoms in total. The minimum Gasteiger partial charge on any atom is -0.394 e. The third-order valence-corrected chi connectivity index (χ3v) is 4.74. The number of hydrogen-bond acceptors (Lipinski definition) is 6. The van der Waals surface area contributed by atoms with Crippen molar-refractivity contribution in [2.75, 3.05) is 13.2 Å². The zero-order valence-electron chi connectivity index (χ0n) is 13.5. The molecule has 1 aliphatic heterocycles. The summed E-state index contributed by atoms with van der Waals surface area (Å²) in [6.45, 7) is -0.114. The minimum atomic E-state index is -0.924. The van der Waals surface area contributed by atoms with Gasteiger partial charge >= 0.3 is 0 Å². The minimum absolute atomic E-state index is 0.102. The summed E-state index contributed by atoms with van der Waals surface area (Å²) < 4.78 is 0. The van der Waals surface area contributed by atoms with Crippen LogP contribution in [0.4, 0.5) is 0 Å². The zero-order chi connectivity index (χ0) is 17.8. The third-order valence-electron chi connectivity index (χ3n) is 4.74. The van der Waals surface area contributed by atoms with E-state index in [1.165, 1.54) is 0 Å². The summed E-state index contributed by atoms with van der Waals surface area (Å²) in [5.41, 5.74) is 1.50. The summed E-state index contributed by atoms with van der Waals surface area (Å²) in [6, 6.07) is 12.9. The van der Waals surface area contributed by atoms with Crippen LogP contribution in [-0.4, -0.2) is 45.1 Å². The highest BCUT2D eigenvalue weighted by molar-refractivity contribution is 5.28. The molecular weight excluding hydrogens is 320 g/mol. The lowest BCUT2D eigenvalue weighted by Gasteiger charge is -2.29. The number of nitro groups is 1. The fraction of sp³-hybridized carbons (Fsp3) is 0.333.